The molecule has 0 radical (unpaired) electrons. The van der Waals surface area contributed by atoms with Gasteiger partial charge in [0.15, 0.2) is 0 Å². The van der Waals surface area contributed by atoms with E-state index in [1.807, 2.05) is 24.2 Å². The number of fused-ring (bicyclic) bond motifs is 16. The van der Waals surface area contributed by atoms with E-state index in [0.29, 0.717) is 0 Å². The van der Waals surface area contributed by atoms with Crippen LogP contribution in [0.15, 0.2) is 162 Å². The maximum atomic E-state index is 4.47. The Morgan fingerprint density at radius 3 is 1.78 bits per heavy atom. The molecule has 0 aliphatic carbocycles. The van der Waals surface area contributed by atoms with Gasteiger partial charge in [0.2, 0.25) is 6.71 Å². The summed E-state index contributed by atoms with van der Waals surface area (Å²) in [7, 11) is 0. The summed E-state index contributed by atoms with van der Waals surface area (Å²) in [6.45, 7) is 2.56. The van der Waals surface area contributed by atoms with Gasteiger partial charge in [-0.25, -0.2) is 0 Å². The van der Waals surface area contributed by atoms with Crippen LogP contribution in [0.2, 0.25) is 0 Å². The Morgan fingerprint density at radius 2 is 1.09 bits per heavy atom. The largest absolute Gasteiger partial charge is 0.311 e. The first-order valence-corrected chi connectivity index (χ1v) is 19.9. The molecule has 3 aromatic heterocycles. The summed E-state index contributed by atoms with van der Waals surface area (Å²) in [6, 6.07) is 52.6. The van der Waals surface area contributed by atoms with Crippen molar-refractivity contribution in [3.63, 3.8) is 0 Å². The highest BCUT2D eigenvalue weighted by Gasteiger charge is 2.46. The van der Waals surface area contributed by atoms with Crippen molar-refractivity contribution in [2.24, 2.45) is 0 Å². The molecule has 7 heterocycles. The Hall–Kier alpha value is -6.43. The number of aromatic nitrogens is 3. The fraction of sp³-hybridized carbons (Fsp3) is 0.0208. The molecule has 10 aromatic rings. The van der Waals surface area contributed by atoms with Gasteiger partial charge in [-0.05, 0) is 88.3 Å². The van der Waals surface area contributed by atoms with Crippen LogP contribution in [0.25, 0.3) is 55.0 Å². The lowest BCUT2D eigenvalue weighted by Crippen LogP contribution is -2.64. The minimum Gasteiger partial charge on any atom is -0.311 e. The molecule has 0 saturated carbocycles. The summed E-state index contributed by atoms with van der Waals surface area (Å²) in [5, 5.41) is 5.25. The maximum Gasteiger partial charge on any atom is 0.252 e. The number of hydrogen-bond acceptors (Lipinski definition) is 3. The third-order valence-electron chi connectivity index (χ3n) is 13.0. The van der Waals surface area contributed by atoms with Gasteiger partial charge in [0.25, 0.3) is 6.71 Å². The van der Waals surface area contributed by atoms with Gasteiger partial charge in [-0.2, -0.15) is 0 Å². The van der Waals surface area contributed by atoms with Gasteiger partial charge in [0, 0.05) is 72.2 Å². The van der Waals surface area contributed by atoms with E-state index in [4.69, 9.17) is 0 Å². The molecular weight excluding hydrogens is 686 g/mol. The van der Waals surface area contributed by atoms with E-state index in [0.717, 1.165) is 5.69 Å². The van der Waals surface area contributed by atoms with E-state index < -0.39 is 0 Å². The van der Waals surface area contributed by atoms with Crippen LogP contribution in [0.5, 0.6) is 0 Å². The molecular formula is C48H28B2N4S. The normalized spacial score (nSPS) is 14.1. The van der Waals surface area contributed by atoms with Gasteiger partial charge in [0.1, 0.15) is 0 Å². The molecule has 0 N–H and O–H groups in total. The zero-order chi connectivity index (χ0) is 35.7. The number of para-hydroxylation sites is 4. The van der Waals surface area contributed by atoms with Crippen LogP contribution in [0, 0.1) is 6.92 Å². The highest BCUT2D eigenvalue weighted by molar-refractivity contribution is 8.00. The van der Waals surface area contributed by atoms with Crippen molar-refractivity contribution in [3.05, 3.63) is 157 Å². The molecule has 7 heteroatoms. The lowest BCUT2D eigenvalue weighted by Gasteiger charge is -2.42. The second-order valence-corrected chi connectivity index (χ2v) is 16.5. The van der Waals surface area contributed by atoms with E-state index in [-0.39, 0.29) is 13.4 Å². The lowest BCUT2D eigenvalue weighted by atomic mass is 9.31. The van der Waals surface area contributed by atoms with Crippen LogP contribution < -0.4 is 37.7 Å². The second-order valence-electron chi connectivity index (χ2n) is 15.5. The van der Waals surface area contributed by atoms with Crippen LogP contribution in [-0.2, 0) is 0 Å². The van der Waals surface area contributed by atoms with E-state index in [2.05, 4.69) is 165 Å². The van der Waals surface area contributed by atoms with Crippen molar-refractivity contribution in [1.29, 1.82) is 0 Å². The summed E-state index contributed by atoms with van der Waals surface area (Å²) < 4.78 is 5.08. The average Bonchev–Trinajstić information content (AvgIpc) is 3.77. The Labute approximate surface area is 321 Å². The zero-order valence-electron chi connectivity index (χ0n) is 29.8. The quantitative estimate of drug-likeness (QED) is 0.165. The average molecular weight is 714 g/mol. The van der Waals surface area contributed by atoms with Gasteiger partial charge in [-0.3, -0.25) is 4.98 Å². The molecule has 0 amide bonds. The summed E-state index contributed by atoms with van der Waals surface area (Å²) in [6.07, 6.45) is 3.86. The molecule has 0 unspecified atom stereocenters. The smallest absolute Gasteiger partial charge is 0.252 e. The van der Waals surface area contributed by atoms with Gasteiger partial charge >= 0.3 is 0 Å². The van der Waals surface area contributed by atoms with Gasteiger partial charge in [-0.15, -0.1) is 0 Å². The highest BCUT2D eigenvalue weighted by Crippen LogP contribution is 2.47. The van der Waals surface area contributed by atoms with Crippen molar-refractivity contribution >= 4 is 119 Å². The number of anilines is 3. The predicted molar refractivity (Wildman–Crippen MR) is 232 cm³/mol. The van der Waals surface area contributed by atoms with Crippen LogP contribution in [0.3, 0.4) is 0 Å². The zero-order valence-corrected chi connectivity index (χ0v) is 30.6. The second kappa shape index (κ2) is 10.0. The Bertz CT molecular complexity index is 3400. The van der Waals surface area contributed by atoms with Crippen molar-refractivity contribution in [2.45, 2.75) is 16.7 Å². The molecule has 0 spiro atoms. The molecule has 55 heavy (non-hydrogen) atoms. The molecule has 252 valence electrons. The minimum atomic E-state index is 0.0660. The molecule has 7 aromatic carbocycles. The Morgan fingerprint density at radius 1 is 0.509 bits per heavy atom. The van der Waals surface area contributed by atoms with E-state index in [9.17, 15) is 0 Å². The molecule has 4 aliphatic rings. The number of pyridine rings is 1. The molecule has 0 atom stereocenters. The van der Waals surface area contributed by atoms with E-state index in [1.54, 1.807) is 0 Å². The van der Waals surface area contributed by atoms with Crippen LogP contribution >= 0.6 is 11.8 Å². The van der Waals surface area contributed by atoms with E-state index >= 15 is 0 Å². The fourth-order valence-electron chi connectivity index (χ4n) is 11.0. The van der Waals surface area contributed by atoms with Crippen LogP contribution in [-0.4, -0.2) is 27.5 Å². The molecule has 0 fully saturated rings. The molecule has 0 saturated heterocycles. The number of hydrogen-bond donors (Lipinski definition) is 0. The standard InChI is InChI=1S/C48H28B2N4S/c1-27-45-35(26-36-48(27)55-42-21-19-32-30-11-3-7-15-38(30)54-40-17-9-5-13-34(40)50(36)44(42)47(32)54)49-33-12-4-8-16-39(33)53-37-14-6-2-10-29(37)31-18-20-41(43(49)46(31)53)52(45)28-22-24-51-25-23-28/h2-26H,1H3. The van der Waals surface area contributed by atoms with Gasteiger partial charge < -0.3 is 14.0 Å². The number of benzene rings is 7. The molecule has 4 nitrogen and oxygen atoms in total. The van der Waals surface area contributed by atoms with Crippen molar-refractivity contribution in [3.8, 4) is 11.4 Å². The van der Waals surface area contributed by atoms with Gasteiger partial charge in [-0.1, -0.05) is 108 Å². The molecule has 14 rings (SSSR count). The Balaban J connectivity index is 1.14. The summed E-state index contributed by atoms with van der Waals surface area (Å²) in [5.41, 5.74) is 21.1. The fourth-order valence-corrected chi connectivity index (χ4v) is 12.2. The number of nitrogens with zero attached hydrogens (tertiary/aromatic N) is 4. The van der Waals surface area contributed by atoms with Crippen molar-refractivity contribution in [1.82, 2.24) is 14.1 Å². The third kappa shape index (κ3) is 3.36. The molecule has 4 aliphatic heterocycles. The summed E-state index contributed by atoms with van der Waals surface area (Å²) in [4.78, 5) is 9.74. The SMILES string of the molecule is Cc1c2c(cc3c1N(c1ccncc1)c1ccc4c5ccccc5n5c4c1B3c1ccccc1-5)B1c3ccccc3-n3c4ccccc4c4ccc(c1c43)S2. The topological polar surface area (TPSA) is 26.0 Å². The highest BCUT2D eigenvalue weighted by atomic mass is 32.2. The predicted octanol–water partition coefficient (Wildman–Crippen LogP) is 7.49. The van der Waals surface area contributed by atoms with E-state index in [1.165, 1.54) is 114 Å². The first kappa shape index (κ1) is 29.0. The minimum absolute atomic E-state index is 0.0660. The van der Waals surface area contributed by atoms with Crippen LogP contribution in [0.1, 0.15) is 5.56 Å². The number of rotatable bonds is 1. The monoisotopic (exact) mass is 714 g/mol. The van der Waals surface area contributed by atoms with Crippen molar-refractivity contribution in [2.75, 3.05) is 4.90 Å². The molecule has 0 bridgehead atoms. The summed E-state index contributed by atoms with van der Waals surface area (Å²) in [5.74, 6) is 0. The lowest BCUT2D eigenvalue weighted by molar-refractivity contribution is 1.17. The summed E-state index contributed by atoms with van der Waals surface area (Å²) >= 11 is 1.96. The first-order valence-electron chi connectivity index (χ1n) is 19.1. The van der Waals surface area contributed by atoms with Gasteiger partial charge in [0.05, 0.1) is 22.1 Å². The maximum absolute atomic E-state index is 4.47. The third-order valence-corrected chi connectivity index (χ3v) is 14.3. The van der Waals surface area contributed by atoms with Crippen molar-refractivity contribution < 1.29 is 0 Å². The first-order chi connectivity index (χ1) is 27.3. The Kier molecular flexibility index (Phi) is 5.27. The van der Waals surface area contributed by atoms with Crippen LogP contribution in [0.4, 0.5) is 17.1 Å².